The van der Waals surface area contributed by atoms with Crippen LogP contribution in [0.2, 0.25) is 0 Å². The number of piperazine rings is 1. The van der Waals surface area contributed by atoms with Crippen molar-refractivity contribution in [1.82, 2.24) is 14.8 Å². The molecule has 0 saturated carbocycles. The van der Waals surface area contributed by atoms with Gasteiger partial charge in [-0.05, 0) is 55.2 Å². The SMILES string of the molecule is Cc1ccc(C(=O)N2CCN(CCc3c[nH]c4ccccc34)CC2)cc1C. The Kier molecular flexibility index (Phi) is 4.99. The zero-order chi connectivity index (χ0) is 18.8. The molecule has 1 aromatic heterocycles. The number of hydrogen-bond donors (Lipinski definition) is 1. The van der Waals surface area contributed by atoms with Gasteiger partial charge in [-0.1, -0.05) is 24.3 Å². The Hall–Kier alpha value is -2.59. The van der Waals surface area contributed by atoms with E-state index in [-0.39, 0.29) is 5.91 Å². The predicted octanol–water partition coefficient (Wildman–Crippen LogP) is 3.79. The molecule has 4 nitrogen and oxygen atoms in total. The van der Waals surface area contributed by atoms with Gasteiger partial charge in [0, 0.05) is 55.4 Å². The second-order valence-corrected chi connectivity index (χ2v) is 7.54. The Morgan fingerprint density at radius 3 is 2.56 bits per heavy atom. The molecule has 1 N–H and O–H groups in total. The van der Waals surface area contributed by atoms with Crippen molar-refractivity contribution in [3.05, 3.63) is 70.9 Å². The van der Waals surface area contributed by atoms with Gasteiger partial charge in [-0.3, -0.25) is 9.69 Å². The molecule has 2 aromatic carbocycles. The molecule has 0 radical (unpaired) electrons. The van der Waals surface area contributed by atoms with Crippen LogP contribution in [-0.4, -0.2) is 53.4 Å². The van der Waals surface area contributed by atoms with E-state index in [2.05, 4.69) is 54.2 Å². The largest absolute Gasteiger partial charge is 0.361 e. The molecule has 1 amide bonds. The molecular formula is C23H27N3O. The Labute approximate surface area is 160 Å². The van der Waals surface area contributed by atoms with Crippen LogP contribution in [-0.2, 0) is 6.42 Å². The Bertz CT molecular complexity index is 951. The van der Waals surface area contributed by atoms with Crippen molar-refractivity contribution in [1.29, 1.82) is 0 Å². The number of aryl methyl sites for hydroxylation is 2. The van der Waals surface area contributed by atoms with Gasteiger partial charge in [-0.15, -0.1) is 0 Å². The quantitative estimate of drug-likeness (QED) is 0.768. The average molecular weight is 361 g/mol. The van der Waals surface area contributed by atoms with E-state index in [1.807, 2.05) is 23.1 Å². The lowest BCUT2D eigenvalue weighted by atomic mass is 10.1. The monoisotopic (exact) mass is 361 g/mol. The topological polar surface area (TPSA) is 39.3 Å². The first-order valence-corrected chi connectivity index (χ1v) is 9.76. The first-order valence-electron chi connectivity index (χ1n) is 9.76. The molecule has 0 atom stereocenters. The number of carbonyl (C=O) groups excluding carboxylic acids is 1. The summed E-state index contributed by atoms with van der Waals surface area (Å²) in [6.45, 7) is 8.68. The van der Waals surface area contributed by atoms with E-state index in [0.29, 0.717) is 0 Å². The second kappa shape index (κ2) is 7.57. The Balaban J connectivity index is 1.32. The number of nitrogens with one attached hydrogen (secondary N) is 1. The molecule has 1 aliphatic rings. The van der Waals surface area contributed by atoms with Crippen LogP contribution in [0.3, 0.4) is 0 Å². The zero-order valence-corrected chi connectivity index (χ0v) is 16.2. The molecule has 4 heteroatoms. The number of hydrogen-bond acceptors (Lipinski definition) is 2. The van der Waals surface area contributed by atoms with Gasteiger partial charge in [0.25, 0.3) is 5.91 Å². The summed E-state index contributed by atoms with van der Waals surface area (Å²) in [6, 6.07) is 14.5. The van der Waals surface area contributed by atoms with Crippen LogP contribution in [0, 0.1) is 13.8 Å². The normalized spacial score (nSPS) is 15.4. The number of amides is 1. The van der Waals surface area contributed by atoms with Crippen LogP contribution in [0.25, 0.3) is 10.9 Å². The van der Waals surface area contributed by atoms with Gasteiger partial charge in [0.1, 0.15) is 0 Å². The molecule has 0 aliphatic carbocycles. The molecular weight excluding hydrogens is 334 g/mol. The summed E-state index contributed by atoms with van der Waals surface area (Å²) >= 11 is 0. The molecule has 0 unspecified atom stereocenters. The fraction of sp³-hybridized carbons (Fsp3) is 0.348. The summed E-state index contributed by atoms with van der Waals surface area (Å²) in [5.41, 5.74) is 5.80. The lowest BCUT2D eigenvalue weighted by molar-refractivity contribution is 0.0638. The van der Waals surface area contributed by atoms with Gasteiger partial charge in [0.05, 0.1) is 0 Å². The summed E-state index contributed by atoms with van der Waals surface area (Å²) in [6.07, 6.45) is 3.17. The molecule has 1 saturated heterocycles. The summed E-state index contributed by atoms with van der Waals surface area (Å²) < 4.78 is 0. The highest BCUT2D eigenvalue weighted by atomic mass is 16.2. The van der Waals surface area contributed by atoms with E-state index in [4.69, 9.17) is 0 Å². The number of fused-ring (bicyclic) bond motifs is 1. The lowest BCUT2D eigenvalue weighted by Crippen LogP contribution is -2.49. The molecule has 140 valence electrons. The highest BCUT2D eigenvalue weighted by Crippen LogP contribution is 2.19. The average Bonchev–Trinajstić information content (AvgIpc) is 3.11. The van der Waals surface area contributed by atoms with Gasteiger partial charge < -0.3 is 9.88 Å². The van der Waals surface area contributed by atoms with Crippen LogP contribution in [0.5, 0.6) is 0 Å². The van der Waals surface area contributed by atoms with Crippen LogP contribution in [0.4, 0.5) is 0 Å². The van der Waals surface area contributed by atoms with Gasteiger partial charge in [0.15, 0.2) is 0 Å². The molecule has 3 aromatic rings. The summed E-state index contributed by atoms with van der Waals surface area (Å²) in [5, 5.41) is 1.32. The maximum Gasteiger partial charge on any atom is 0.253 e. The van der Waals surface area contributed by atoms with Crippen LogP contribution < -0.4 is 0 Å². The molecule has 1 fully saturated rings. The minimum atomic E-state index is 0.161. The minimum Gasteiger partial charge on any atom is -0.361 e. The van der Waals surface area contributed by atoms with Gasteiger partial charge >= 0.3 is 0 Å². The fourth-order valence-electron chi connectivity index (χ4n) is 3.85. The fourth-order valence-corrected chi connectivity index (χ4v) is 3.85. The minimum absolute atomic E-state index is 0.161. The van der Waals surface area contributed by atoms with E-state index in [9.17, 15) is 4.79 Å². The van der Waals surface area contributed by atoms with E-state index in [0.717, 1.165) is 44.7 Å². The van der Waals surface area contributed by atoms with Crippen molar-refractivity contribution in [3.8, 4) is 0 Å². The second-order valence-electron chi connectivity index (χ2n) is 7.54. The van der Waals surface area contributed by atoms with Crippen molar-refractivity contribution in [3.63, 3.8) is 0 Å². The predicted molar refractivity (Wildman–Crippen MR) is 110 cm³/mol. The first kappa shape index (κ1) is 17.8. The summed E-state index contributed by atoms with van der Waals surface area (Å²) in [5.74, 6) is 0.161. The molecule has 4 rings (SSSR count). The van der Waals surface area contributed by atoms with E-state index < -0.39 is 0 Å². The molecule has 0 bridgehead atoms. The number of carbonyl (C=O) groups is 1. The smallest absolute Gasteiger partial charge is 0.253 e. The molecule has 0 spiro atoms. The van der Waals surface area contributed by atoms with Crippen molar-refractivity contribution >= 4 is 16.8 Å². The van der Waals surface area contributed by atoms with Crippen LogP contribution in [0.1, 0.15) is 27.0 Å². The number of H-pyrrole nitrogens is 1. The van der Waals surface area contributed by atoms with Gasteiger partial charge in [0.2, 0.25) is 0 Å². The highest BCUT2D eigenvalue weighted by molar-refractivity contribution is 5.94. The Morgan fingerprint density at radius 2 is 1.78 bits per heavy atom. The maximum absolute atomic E-state index is 12.8. The number of aromatic amines is 1. The third-order valence-electron chi connectivity index (χ3n) is 5.79. The number of benzene rings is 2. The standard InChI is InChI=1S/C23H27N3O/c1-17-7-8-19(15-18(17)2)23(27)26-13-11-25(12-14-26)10-9-20-16-24-22-6-4-3-5-21(20)22/h3-8,15-16,24H,9-14H2,1-2H3. The third-order valence-corrected chi connectivity index (χ3v) is 5.79. The summed E-state index contributed by atoms with van der Waals surface area (Å²) in [4.78, 5) is 20.6. The summed E-state index contributed by atoms with van der Waals surface area (Å²) in [7, 11) is 0. The van der Waals surface area contributed by atoms with Crippen molar-refractivity contribution in [2.45, 2.75) is 20.3 Å². The van der Waals surface area contributed by atoms with Gasteiger partial charge in [-0.25, -0.2) is 0 Å². The van der Waals surface area contributed by atoms with Crippen molar-refractivity contribution in [2.75, 3.05) is 32.7 Å². The van der Waals surface area contributed by atoms with Crippen LogP contribution in [0.15, 0.2) is 48.7 Å². The maximum atomic E-state index is 12.8. The zero-order valence-electron chi connectivity index (χ0n) is 16.2. The molecule has 2 heterocycles. The number of para-hydroxylation sites is 1. The number of rotatable bonds is 4. The Morgan fingerprint density at radius 1 is 1.00 bits per heavy atom. The van der Waals surface area contributed by atoms with Gasteiger partial charge in [-0.2, -0.15) is 0 Å². The van der Waals surface area contributed by atoms with E-state index in [1.165, 1.54) is 27.6 Å². The number of nitrogens with zero attached hydrogens (tertiary/aromatic N) is 2. The molecule has 27 heavy (non-hydrogen) atoms. The van der Waals surface area contributed by atoms with Crippen LogP contribution >= 0.6 is 0 Å². The highest BCUT2D eigenvalue weighted by Gasteiger charge is 2.22. The lowest BCUT2D eigenvalue weighted by Gasteiger charge is -2.34. The van der Waals surface area contributed by atoms with E-state index >= 15 is 0 Å². The third kappa shape index (κ3) is 3.76. The van der Waals surface area contributed by atoms with Crippen molar-refractivity contribution < 1.29 is 4.79 Å². The number of aromatic nitrogens is 1. The molecule has 1 aliphatic heterocycles. The van der Waals surface area contributed by atoms with Crippen molar-refractivity contribution in [2.24, 2.45) is 0 Å². The first-order chi connectivity index (χ1) is 13.1. The van der Waals surface area contributed by atoms with E-state index in [1.54, 1.807) is 0 Å².